The normalized spacial score (nSPS) is 13.4. The molecule has 0 unspecified atom stereocenters. The molecular weight excluding hydrogens is 288 g/mol. The molecule has 1 N–H and O–H groups in total. The Kier molecular flexibility index (Phi) is 19.0. The number of carbonyl (C=O) groups is 2. The number of rotatable bonds is 2. The van der Waals surface area contributed by atoms with Gasteiger partial charge in [-0.15, -0.1) is 12.8 Å². The molecule has 0 aliphatic carbocycles. The standard InChI is InChI=1S/C9H10O5.C3H4O.2C2H6/c1-3-4-12-7(10)9(2)5-13-8(11)14-6-9;1-2-3-4;2*1-2/h1H,4-6H2,2H3;1,4H,3H2;2*1-2H3. The third kappa shape index (κ3) is 11.6. The first-order valence-electron chi connectivity index (χ1n) is 6.94. The summed E-state index contributed by atoms with van der Waals surface area (Å²) in [6.07, 6.45) is 8.68. The molecule has 0 spiro atoms. The van der Waals surface area contributed by atoms with Crippen LogP contribution in [0.1, 0.15) is 34.6 Å². The van der Waals surface area contributed by atoms with Crippen molar-refractivity contribution in [2.24, 2.45) is 5.41 Å². The summed E-state index contributed by atoms with van der Waals surface area (Å²) in [5, 5.41) is 7.64. The number of hydrogen-bond donors (Lipinski definition) is 1. The lowest BCUT2D eigenvalue weighted by Crippen LogP contribution is -2.44. The minimum absolute atomic E-state index is 0.0464. The van der Waals surface area contributed by atoms with Crippen LogP contribution in [0.15, 0.2) is 0 Å². The summed E-state index contributed by atoms with van der Waals surface area (Å²) in [5.41, 5.74) is -0.954. The highest BCUT2D eigenvalue weighted by molar-refractivity contribution is 5.78. The van der Waals surface area contributed by atoms with Crippen LogP contribution >= 0.6 is 0 Å². The molecule has 0 saturated carbocycles. The molecule has 6 heteroatoms. The second-order valence-corrected chi connectivity index (χ2v) is 3.53. The minimum atomic E-state index is -0.954. The summed E-state index contributed by atoms with van der Waals surface area (Å²) in [7, 11) is 0. The van der Waals surface area contributed by atoms with Crippen LogP contribution in [-0.4, -0.2) is 43.7 Å². The smallest absolute Gasteiger partial charge is 0.452 e. The van der Waals surface area contributed by atoms with Gasteiger partial charge in [0, 0.05) is 0 Å². The van der Waals surface area contributed by atoms with Gasteiger partial charge in [-0.1, -0.05) is 39.5 Å². The van der Waals surface area contributed by atoms with E-state index in [1.807, 2.05) is 33.6 Å². The van der Waals surface area contributed by atoms with Crippen LogP contribution in [0.3, 0.4) is 0 Å². The highest BCUT2D eigenvalue weighted by Crippen LogP contribution is 2.23. The molecule has 126 valence electrons. The Labute approximate surface area is 133 Å². The summed E-state index contributed by atoms with van der Waals surface area (Å²) in [4.78, 5) is 22.0. The van der Waals surface area contributed by atoms with E-state index in [0.29, 0.717) is 0 Å². The Balaban J connectivity index is -0.000000383. The van der Waals surface area contributed by atoms with E-state index in [1.54, 1.807) is 6.92 Å². The highest BCUT2D eigenvalue weighted by atomic mass is 16.7. The lowest BCUT2D eigenvalue weighted by atomic mass is 9.93. The van der Waals surface area contributed by atoms with E-state index in [9.17, 15) is 9.59 Å². The fourth-order valence-corrected chi connectivity index (χ4v) is 0.919. The Morgan fingerprint density at radius 2 is 1.64 bits per heavy atom. The van der Waals surface area contributed by atoms with Crippen LogP contribution < -0.4 is 0 Å². The summed E-state index contributed by atoms with van der Waals surface area (Å²) < 4.78 is 13.9. The Hall–Kier alpha value is -2.18. The third-order valence-electron chi connectivity index (χ3n) is 1.89. The largest absolute Gasteiger partial charge is 0.508 e. The van der Waals surface area contributed by atoms with E-state index >= 15 is 0 Å². The van der Waals surface area contributed by atoms with E-state index < -0.39 is 17.5 Å². The quantitative estimate of drug-likeness (QED) is 0.620. The van der Waals surface area contributed by atoms with Crippen molar-refractivity contribution in [1.82, 2.24) is 0 Å². The zero-order chi connectivity index (χ0) is 18.0. The maximum atomic E-state index is 11.4. The van der Waals surface area contributed by atoms with Gasteiger partial charge in [-0.2, -0.15) is 0 Å². The molecule has 0 bridgehead atoms. The Bertz CT molecular complexity index is 365. The molecule has 0 atom stereocenters. The fraction of sp³-hybridized carbons (Fsp3) is 0.625. The van der Waals surface area contributed by atoms with E-state index in [0.717, 1.165) is 0 Å². The maximum Gasteiger partial charge on any atom is 0.508 e. The molecule has 0 amide bonds. The molecule has 1 heterocycles. The first-order valence-corrected chi connectivity index (χ1v) is 6.94. The van der Waals surface area contributed by atoms with Crippen molar-refractivity contribution in [3.05, 3.63) is 0 Å². The highest BCUT2D eigenvalue weighted by Gasteiger charge is 2.41. The Morgan fingerprint density at radius 3 is 1.95 bits per heavy atom. The number of esters is 1. The number of cyclic esters (lactones) is 2. The van der Waals surface area contributed by atoms with Crippen LogP contribution in [0.5, 0.6) is 0 Å². The van der Waals surface area contributed by atoms with Crippen molar-refractivity contribution in [3.63, 3.8) is 0 Å². The SMILES string of the molecule is C#CCO.C#CCOC(=O)C1(C)COC(=O)OC1.CC.CC. The molecule has 1 aliphatic rings. The van der Waals surface area contributed by atoms with Gasteiger partial charge in [0.15, 0.2) is 6.61 Å². The average molecular weight is 314 g/mol. The van der Waals surface area contributed by atoms with Crippen LogP contribution in [0.4, 0.5) is 4.79 Å². The number of ether oxygens (including phenoxy) is 3. The van der Waals surface area contributed by atoms with Crippen molar-refractivity contribution in [2.45, 2.75) is 34.6 Å². The van der Waals surface area contributed by atoms with E-state index in [-0.39, 0.29) is 26.4 Å². The van der Waals surface area contributed by atoms with Gasteiger partial charge in [0.25, 0.3) is 0 Å². The molecule has 0 aromatic heterocycles. The first kappa shape index (κ1) is 24.8. The van der Waals surface area contributed by atoms with Gasteiger partial charge in [-0.05, 0) is 6.92 Å². The summed E-state index contributed by atoms with van der Waals surface area (Å²) in [6, 6.07) is 0. The maximum absolute atomic E-state index is 11.4. The molecule has 0 radical (unpaired) electrons. The number of terminal acetylenes is 2. The average Bonchev–Trinajstić information content (AvgIpc) is 2.59. The number of carbonyl (C=O) groups excluding carboxylic acids is 2. The Morgan fingerprint density at radius 1 is 1.23 bits per heavy atom. The van der Waals surface area contributed by atoms with Gasteiger partial charge in [0.05, 0.1) is 0 Å². The molecule has 0 aromatic carbocycles. The predicted molar refractivity (Wildman–Crippen MR) is 83.8 cm³/mol. The molecule has 1 rings (SSSR count). The summed E-state index contributed by atoms with van der Waals surface area (Å²) >= 11 is 0. The lowest BCUT2D eigenvalue weighted by molar-refractivity contribution is -0.164. The number of hydrogen-bond acceptors (Lipinski definition) is 6. The van der Waals surface area contributed by atoms with Gasteiger partial charge >= 0.3 is 12.1 Å². The van der Waals surface area contributed by atoms with E-state index in [2.05, 4.69) is 21.8 Å². The molecule has 1 saturated heterocycles. The topological polar surface area (TPSA) is 82.1 Å². The molecule has 1 aliphatic heterocycles. The van der Waals surface area contributed by atoms with Crippen LogP contribution in [0.25, 0.3) is 0 Å². The zero-order valence-corrected chi connectivity index (χ0v) is 14.0. The molecular formula is C16H26O6. The van der Waals surface area contributed by atoms with Crippen LogP contribution in [-0.2, 0) is 19.0 Å². The second-order valence-electron chi connectivity index (χ2n) is 3.53. The lowest BCUT2D eigenvalue weighted by Gasteiger charge is -2.29. The van der Waals surface area contributed by atoms with Crippen molar-refractivity contribution >= 4 is 12.1 Å². The summed E-state index contributed by atoms with van der Waals surface area (Å²) in [5.74, 6) is 3.63. The van der Waals surface area contributed by atoms with Gasteiger partial charge in [0.1, 0.15) is 25.2 Å². The van der Waals surface area contributed by atoms with Gasteiger partial charge in [0.2, 0.25) is 0 Å². The van der Waals surface area contributed by atoms with Crippen molar-refractivity contribution in [3.8, 4) is 24.7 Å². The second kappa shape index (κ2) is 16.9. The predicted octanol–water partition coefficient (Wildman–Crippen LogP) is 2.00. The van der Waals surface area contributed by atoms with E-state index in [1.165, 1.54) is 0 Å². The summed E-state index contributed by atoms with van der Waals surface area (Å²) in [6.45, 7) is 9.24. The van der Waals surface area contributed by atoms with E-state index in [4.69, 9.17) is 16.3 Å². The molecule has 0 aromatic rings. The zero-order valence-electron chi connectivity index (χ0n) is 14.0. The van der Waals surface area contributed by atoms with Gasteiger partial charge in [-0.25, -0.2) is 4.79 Å². The van der Waals surface area contributed by atoms with Crippen LogP contribution in [0, 0.1) is 30.1 Å². The number of aliphatic hydroxyl groups excluding tert-OH is 1. The molecule has 22 heavy (non-hydrogen) atoms. The van der Waals surface area contributed by atoms with Crippen molar-refractivity contribution in [1.29, 1.82) is 0 Å². The monoisotopic (exact) mass is 314 g/mol. The first-order chi connectivity index (χ1) is 10.5. The van der Waals surface area contributed by atoms with Crippen LogP contribution in [0.2, 0.25) is 0 Å². The molecule has 1 fully saturated rings. The van der Waals surface area contributed by atoms with Crippen molar-refractivity contribution < 1.29 is 28.9 Å². The minimum Gasteiger partial charge on any atom is -0.452 e. The fourth-order valence-electron chi connectivity index (χ4n) is 0.919. The number of aliphatic hydroxyl groups is 1. The molecule has 6 nitrogen and oxygen atoms in total. The van der Waals surface area contributed by atoms with Crippen molar-refractivity contribution in [2.75, 3.05) is 26.4 Å². The van der Waals surface area contributed by atoms with Gasteiger partial charge < -0.3 is 19.3 Å². The van der Waals surface area contributed by atoms with Gasteiger partial charge in [-0.3, -0.25) is 4.79 Å². The third-order valence-corrected chi connectivity index (χ3v) is 1.89.